The molecule has 4 heteroatoms. The third-order valence-corrected chi connectivity index (χ3v) is 1.83. The number of aromatic nitrogens is 1. The maximum atomic E-state index is 11.1. The van der Waals surface area contributed by atoms with E-state index < -0.39 is 0 Å². The molecule has 0 aromatic carbocycles. The lowest BCUT2D eigenvalue weighted by Crippen LogP contribution is -2.18. The van der Waals surface area contributed by atoms with E-state index in [1.165, 1.54) is 10.6 Å². The quantitative estimate of drug-likeness (QED) is 0.668. The van der Waals surface area contributed by atoms with Gasteiger partial charge in [-0.1, -0.05) is 23.2 Å². The van der Waals surface area contributed by atoms with Gasteiger partial charge in [0.15, 0.2) is 0 Å². The summed E-state index contributed by atoms with van der Waals surface area (Å²) in [5, 5.41) is 0.649. The van der Waals surface area contributed by atoms with Crippen molar-refractivity contribution in [1.29, 1.82) is 0 Å². The molecule has 0 aliphatic carbocycles. The standard InChI is InChI=1S/C7H7Cl2NO/c1-2-10-4-5(8)3-6(9)7(10)11/h3-4H,2H2,1H3. The van der Waals surface area contributed by atoms with Crippen LogP contribution in [0.25, 0.3) is 0 Å². The Kier molecular flexibility index (Phi) is 2.58. The third-order valence-electron chi connectivity index (χ3n) is 1.35. The van der Waals surface area contributed by atoms with Gasteiger partial charge in [-0.2, -0.15) is 0 Å². The molecule has 0 unspecified atom stereocenters. The fourth-order valence-corrected chi connectivity index (χ4v) is 1.31. The molecule has 0 atom stereocenters. The van der Waals surface area contributed by atoms with Gasteiger partial charge in [0.2, 0.25) is 0 Å². The second kappa shape index (κ2) is 3.28. The number of hydrogen-bond donors (Lipinski definition) is 0. The molecule has 0 N–H and O–H groups in total. The van der Waals surface area contributed by atoms with Gasteiger partial charge in [-0.05, 0) is 13.0 Å². The summed E-state index contributed by atoms with van der Waals surface area (Å²) in [6, 6.07) is 1.44. The molecule has 2 nitrogen and oxygen atoms in total. The van der Waals surface area contributed by atoms with Gasteiger partial charge >= 0.3 is 0 Å². The van der Waals surface area contributed by atoms with E-state index in [4.69, 9.17) is 23.2 Å². The van der Waals surface area contributed by atoms with E-state index in [-0.39, 0.29) is 10.6 Å². The summed E-state index contributed by atoms with van der Waals surface area (Å²) in [6.45, 7) is 2.44. The van der Waals surface area contributed by atoms with Crippen LogP contribution in [0.1, 0.15) is 6.92 Å². The summed E-state index contributed by atoms with van der Waals surface area (Å²) in [5.74, 6) is 0. The Labute approximate surface area is 74.4 Å². The molecule has 0 aliphatic heterocycles. The third kappa shape index (κ3) is 1.76. The van der Waals surface area contributed by atoms with Crippen molar-refractivity contribution >= 4 is 23.2 Å². The Hall–Kier alpha value is -0.470. The first-order valence-corrected chi connectivity index (χ1v) is 3.96. The van der Waals surface area contributed by atoms with Crippen LogP contribution in [-0.2, 0) is 6.54 Å². The molecule has 0 saturated carbocycles. The second-order valence-electron chi connectivity index (χ2n) is 2.10. The molecule has 0 fully saturated rings. The largest absolute Gasteiger partial charge is 0.313 e. The summed E-state index contributed by atoms with van der Waals surface area (Å²) < 4.78 is 1.46. The van der Waals surface area contributed by atoms with Crippen LogP contribution in [0.5, 0.6) is 0 Å². The highest BCUT2D eigenvalue weighted by molar-refractivity contribution is 6.34. The maximum Gasteiger partial charge on any atom is 0.269 e. The Morgan fingerprint density at radius 2 is 2.18 bits per heavy atom. The average Bonchev–Trinajstić information content (AvgIpc) is 1.96. The summed E-state index contributed by atoms with van der Waals surface area (Å²) in [6.07, 6.45) is 1.57. The monoisotopic (exact) mass is 191 g/mol. The number of pyridine rings is 1. The first-order valence-electron chi connectivity index (χ1n) is 3.20. The zero-order valence-corrected chi connectivity index (χ0v) is 7.49. The van der Waals surface area contributed by atoms with Gasteiger partial charge in [-0.15, -0.1) is 0 Å². The number of rotatable bonds is 1. The number of hydrogen-bond acceptors (Lipinski definition) is 1. The van der Waals surface area contributed by atoms with Crippen molar-refractivity contribution in [1.82, 2.24) is 4.57 Å². The van der Waals surface area contributed by atoms with E-state index in [0.717, 1.165) is 0 Å². The Morgan fingerprint density at radius 1 is 1.55 bits per heavy atom. The zero-order valence-electron chi connectivity index (χ0n) is 5.97. The Morgan fingerprint density at radius 3 is 2.73 bits per heavy atom. The molecule has 0 spiro atoms. The lowest BCUT2D eigenvalue weighted by molar-refractivity contribution is 0.727. The van der Waals surface area contributed by atoms with Crippen molar-refractivity contribution in [2.45, 2.75) is 13.5 Å². The van der Waals surface area contributed by atoms with Gasteiger partial charge in [0.25, 0.3) is 5.56 Å². The van der Waals surface area contributed by atoms with Crippen LogP contribution in [-0.4, -0.2) is 4.57 Å². The minimum Gasteiger partial charge on any atom is -0.313 e. The van der Waals surface area contributed by atoms with Crippen molar-refractivity contribution < 1.29 is 0 Å². The molecular weight excluding hydrogens is 185 g/mol. The van der Waals surface area contributed by atoms with Crippen molar-refractivity contribution in [3.8, 4) is 0 Å². The van der Waals surface area contributed by atoms with Crippen LogP contribution in [0.3, 0.4) is 0 Å². The molecular formula is C7H7Cl2NO. The first-order chi connectivity index (χ1) is 5.15. The topological polar surface area (TPSA) is 22.0 Å². The molecule has 0 amide bonds. The van der Waals surface area contributed by atoms with Crippen LogP contribution in [0.15, 0.2) is 17.1 Å². The van der Waals surface area contributed by atoms with E-state index in [1.54, 1.807) is 6.20 Å². The molecule has 1 heterocycles. The molecule has 0 saturated heterocycles. The fraction of sp³-hybridized carbons (Fsp3) is 0.286. The lowest BCUT2D eigenvalue weighted by atomic mass is 10.4. The van der Waals surface area contributed by atoms with Gasteiger partial charge in [-0.25, -0.2) is 0 Å². The van der Waals surface area contributed by atoms with E-state index in [9.17, 15) is 4.79 Å². The predicted molar refractivity (Wildman–Crippen MR) is 46.4 cm³/mol. The van der Waals surface area contributed by atoms with Crippen molar-refractivity contribution in [2.24, 2.45) is 0 Å². The van der Waals surface area contributed by atoms with E-state index in [1.807, 2.05) is 6.92 Å². The number of aryl methyl sites for hydroxylation is 1. The van der Waals surface area contributed by atoms with Gasteiger partial charge < -0.3 is 4.57 Å². The minimum absolute atomic E-state index is 0.166. The normalized spacial score (nSPS) is 10.1. The van der Waals surface area contributed by atoms with Crippen molar-refractivity contribution in [3.05, 3.63) is 32.7 Å². The van der Waals surface area contributed by atoms with Gasteiger partial charge in [0.05, 0.1) is 5.02 Å². The van der Waals surface area contributed by atoms with Crippen molar-refractivity contribution in [3.63, 3.8) is 0 Å². The molecule has 60 valence electrons. The summed E-state index contributed by atoms with van der Waals surface area (Å²) >= 11 is 11.2. The molecule has 1 aromatic rings. The van der Waals surface area contributed by atoms with Crippen molar-refractivity contribution in [2.75, 3.05) is 0 Å². The summed E-state index contributed by atoms with van der Waals surface area (Å²) in [5.41, 5.74) is -0.196. The predicted octanol–water partition coefficient (Wildman–Crippen LogP) is 2.17. The van der Waals surface area contributed by atoms with Gasteiger partial charge in [-0.3, -0.25) is 4.79 Å². The van der Waals surface area contributed by atoms with Crippen LogP contribution in [0.2, 0.25) is 10.0 Å². The molecule has 1 aromatic heterocycles. The Bertz CT molecular complexity index is 319. The van der Waals surface area contributed by atoms with E-state index in [0.29, 0.717) is 11.6 Å². The maximum absolute atomic E-state index is 11.1. The van der Waals surface area contributed by atoms with Gasteiger partial charge in [0, 0.05) is 12.7 Å². The highest BCUT2D eigenvalue weighted by atomic mass is 35.5. The van der Waals surface area contributed by atoms with Gasteiger partial charge in [0.1, 0.15) is 5.02 Å². The van der Waals surface area contributed by atoms with Crippen LogP contribution >= 0.6 is 23.2 Å². The minimum atomic E-state index is -0.196. The lowest BCUT2D eigenvalue weighted by Gasteiger charge is -2.01. The SMILES string of the molecule is CCn1cc(Cl)cc(Cl)c1=O. The summed E-state index contributed by atoms with van der Waals surface area (Å²) in [4.78, 5) is 11.1. The molecule has 0 bridgehead atoms. The Balaban J connectivity index is 3.37. The molecule has 0 aliphatic rings. The number of nitrogens with zero attached hydrogens (tertiary/aromatic N) is 1. The zero-order chi connectivity index (χ0) is 8.43. The average molecular weight is 192 g/mol. The molecule has 0 radical (unpaired) electrons. The molecule has 11 heavy (non-hydrogen) atoms. The second-order valence-corrected chi connectivity index (χ2v) is 2.94. The fourth-order valence-electron chi connectivity index (χ4n) is 0.800. The van der Waals surface area contributed by atoms with E-state index >= 15 is 0 Å². The first kappa shape index (κ1) is 8.62. The highest BCUT2D eigenvalue weighted by Crippen LogP contribution is 2.10. The number of halogens is 2. The van der Waals surface area contributed by atoms with Crippen LogP contribution in [0, 0.1) is 0 Å². The van der Waals surface area contributed by atoms with E-state index in [2.05, 4.69) is 0 Å². The smallest absolute Gasteiger partial charge is 0.269 e. The van der Waals surface area contributed by atoms with Crippen LogP contribution in [0.4, 0.5) is 0 Å². The highest BCUT2D eigenvalue weighted by Gasteiger charge is 2.00. The summed E-state index contributed by atoms with van der Waals surface area (Å²) in [7, 11) is 0. The molecule has 1 rings (SSSR count). The van der Waals surface area contributed by atoms with Crippen LogP contribution < -0.4 is 5.56 Å².